The highest BCUT2D eigenvalue weighted by Gasteiger charge is 2.26. The Labute approximate surface area is 199 Å². The van der Waals surface area contributed by atoms with Gasteiger partial charge in [0, 0.05) is 31.8 Å². The third kappa shape index (κ3) is 4.51. The van der Waals surface area contributed by atoms with Crippen LogP contribution in [0.4, 0.5) is 10.4 Å². The molecule has 1 aliphatic heterocycles. The van der Waals surface area contributed by atoms with E-state index in [0.717, 1.165) is 10.7 Å². The molecule has 0 bridgehead atoms. The van der Waals surface area contributed by atoms with Gasteiger partial charge in [-0.25, -0.2) is 22.9 Å². The van der Waals surface area contributed by atoms with Crippen LogP contribution in [0.5, 0.6) is 5.88 Å². The molecule has 0 spiro atoms. The fourth-order valence-electron chi connectivity index (χ4n) is 3.73. The first-order valence-corrected chi connectivity index (χ1v) is 12.4. The number of nitrogens with two attached hydrogens (primary N) is 1. The van der Waals surface area contributed by atoms with Crippen LogP contribution in [0.15, 0.2) is 33.9 Å². The normalized spacial score (nSPS) is 15.3. The van der Waals surface area contributed by atoms with Gasteiger partial charge in [-0.1, -0.05) is 24.2 Å². The lowest BCUT2D eigenvalue weighted by Crippen LogP contribution is -2.38. The monoisotopic (exact) mass is 503 g/mol. The number of halogens is 1. The lowest BCUT2D eigenvalue weighted by molar-refractivity contribution is 0.163. The van der Waals surface area contributed by atoms with Crippen LogP contribution >= 0.6 is 0 Å². The molecule has 3 aromatic heterocycles. The third-order valence-electron chi connectivity index (χ3n) is 5.62. The Morgan fingerprint density at radius 3 is 2.66 bits per heavy atom. The molecule has 1 fully saturated rings. The Hall–Kier alpha value is -3.72. The van der Waals surface area contributed by atoms with Gasteiger partial charge in [-0.15, -0.1) is 5.10 Å². The number of sulfonamides is 1. The minimum Gasteiger partial charge on any atom is -0.472 e. The molecule has 1 aromatic carbocycles. The van der Waals surface area contributed by atoms with E-state index in [9.17, 15) is 12.8 Å². The molecule has 184 valence electrons. The van der Waals surface area contributed by atoms with Crippen LogP contribution in [-0.2, 0) is 10.0 Å². The van der Waals surface area contributed by atoms with Crippen LogP contribution in [0.1, 0.15) is 38.4 Å². The second-order valence-corrected chi connectivity index (χ2v) is 9.97. The zero-order valence-corrected chi connectivity index (χ0v) is 19.7. The van der Waals surface area contributed by atoms with Gasteiger partial charge >= 0.3 is 6.01 Å². The van der Waals surface area contributed by atoms with Crippen molar-refractivity contribution in [2.75, 3.05) is 18.0 Å². The highest BCUT2D eigenvalue weighted by atomic mass is 32.2. The van der Waals surface area contributed by atoms with E-state index in [1.807, 2.05) is 18.7 Å². The van der Waals surface area contributed by atoms with Crippen molar-refractivity contribution in [1.29, 1.82) is 0 Å². The van der Waals surface area contributed by atoms with Crippen molar-refractivity contribution >= 4 is 27.2 Å². The molecule has 35 heavy (non-hydrogen) atoms. The van der Waals surface area contributed by atoms with E-state index in [1.54, 1.807) is 0 Å². The Kier molecular flexibility index (Phi) is 5.80. The fourth-order valence-corrected chi connectivity index (χ4v) is 4.25. The molecule has 4 heterocycles. The largest absolute Gasteiger partial charge is 0.472 e. The first-order valence-electron chi connectivity index (χ1n) is 10.8. The van der Waals surface area contributed by atoms with Gasteiger partial charge in [0.25, 0.3) is 0 Å². The van der Waals surface area contributed by atoms with E-state index >= 15 is 0 Å². The van der Waals surface area contributed by atoms with E-state index in [4.69, 9.17) is 14.4 Å². The molecule has 1 saturated heterocycles. The smallest absolute Gasteiger partial charge is 0.324 e. The van der Waals surface area contributed by atoms with E-state index in [1.165, 1.54) is 18.5 Å². The van der Waals surface area contributed by atoms with Crippen molar-refractivity contribution in [3.8, 4) is 11.6 Å². The Morgan fingerprint density at radius 1 is 1.23 bits per heavy atom. The maximum Gasteiger partial charge on any atom is 0.324 e. The zero-order chi connectivity index (χ0) is 24.7. The van der Waals surface area contributed by atoms with Crippen molar-refractivity contribution in [3.63, 3.8) is 0 Å². The number of hydrogen-bond acceptors (Lipinski definition) is 11. The van der Waals surface area contributed by atoms with E-state index in [2.05, 4.69) is 30.4 Å². The van der Waals surface area contributed by atoms with Crippen LogP contribution in [0, 0.1) is 5.82 Å². The standard InChI is InChI=1S/C20H22FN9O4S/c1-11(2)17-25-20(34-27-17)29-7-5-12(6-8-29)33-19-16-18(23-10-24-19)30(28-26-16)15-4-3-13(9-14(15)21)35(22,31)32/h3-4,9-12H,5-8H2,1-2H3,(H2,22,31,32). The van der Waals surface area contributed by atoms with Gasteiger partial charge in [-0.2, -0.15) is 14.6 Å². The van der Waals surface area contributed by atoms with Gasteiger partial charge in [0.15, 0.2) is 17.0 Å². The third-order valence-corrected chi connectivity index (χ3v) is 6.53. The second kappa shape index (κ2) is 8.81. The summed E-state index contributed by atoms with van der Waals surface area (Å²) in [5.41, 5.74) is 0.420. The molecule has 0 saturated carbocycles. The summed E-state index contributed by atoms with van der Waals surface area (Å²) in [4.78, 5) is 14.4. The molecule has 15 heteroatoms. The number of rotatable bonds is 6. The summed E-state index contributed by atoms with van der Waals surface area (Å²) in [6, 6.07) is 3.73. The number of fused-ring (bicyclic) bond motifs is 1. The number of primary sulfonamides is 1. The number of piperidine rings is 1. The number of nitrogens with zero attached hydrogens (tertiary/aromatic N) is 8. The number of anilines is 1. The zero-order valence-electron chi connectivity index (χ0n) is 18.9. The predicted octanol–water partition coefficient (Wildman–Crippen LogP) is 1.55. The van der Waals surface area contributed by atoms with Crippen molar-refractivity contribution < 1.29 is 22.1 Å². The SMILES string of the molecule is CC(C)c1noc(N2CCC(Oc3ncnc4c3nnn4-c3ccc(S(N)(=O)=O)cc3F)CC2)n1. The molecule has 0 amide bonds. The van der Waals surface area contributed by atoms with Gasteiger partial charge in [0.2, 0.25) is 15.9 Å². The average Bonchev–Trinajstić information content (AvgIpc) is 3.47. The van der Waals surface area contributed by atoms with Crippen LogP contribution in [0.25, 0.3) is 16.9 Å². The number of ether oxygens (including phenoxy) is 1. The lowest BCUT2D eigenvalue weighted by atomic mass is 10.1. The maximum atomic E-state index is 14.7. The highest BCUT2D eigenvalue weighted by Crippen LogP contribution is 2.27. The van der Waals surface area contributed by atoms with E-state index in [-0.39, 0.29) is 39.6 Å². The molecule has 13 nitrogen and oxygen atoms in total. The maximum absolute atomic E-state index is 14.7. The van der Waals surface area contributed by atoms with Crippen LogP contribution in [-0.4, -0.2) is 62.7 Å². The summed E-state index contributed by atoms with van der Waals surface area (Å²) in [7, 11) is -4.05. The van der Waals surface area contributed by atoms with Crippen LogP contribution in [0.3, 0.4) is 0 Å². The number of benzene rings is 1. The minimum atomic E-state index is -4.05. The molecular weight excluding hydrogens is 481 g/mol. The molecule has 0 unspecified atom stereocenters. The summed E-state index contributed by atoms with van der Waals surface area (Å²) >= 11 is 0. The van der Waals surface area contributed by atoms with Crippen molar-refractivity contribution in [2.24, 2.45) is 5.14 Å². The molecule has 1 aliphatic rings. The van der Waals surface area contributed by atoms with Crippen molar-refractivity contribution in [2.45, 2.75) is 43.6 Å². The van der Waals surface area contributed by atoms with Crippen molar-refractivity contribution in [3.05, 3.63) is 36.2 Å². The van der Waals surface area contributed by atoms with Crippen LogP contribution < -0.4 is 14.8 Å². The first-order chi connectivity index (χ1) is 16.7. The summed E-state index contributed by atoms with van der Waals surface area (Å²) in [6.45, 7) is 5.32. The first kappa shape index (κ1) is 23.0. The van der Waals surface area contributed by atoms with Gasteiger partial charge in [0.1, 0.15) is 23.9 Å². The number of aromatic nitrogens is 7. The summed E-state index contributed by atoms with van der Waals surface area (Å²) in [5.74, 6) is 0.224. The van der Waals surface area contributed by atoms with Gasteiger partial charge in [-0.05, 0) is 18.2 Å². The number of hydrogen-bond donors (Lipinski definition) is 1. The minimum absolute atomic E-state index is 0.0433. The molecule has 4 aromatic rings. The summed E-state index contributed by atoms with van der Waals surface area (Å²) < 4.78 is 50.2. The molecule has 0 radical (unpaired) electrons. The predicted molar refractivity (Wildman–Crippen MR) is 120 cm³/mol. The molecule has 5 rings (SSSR count). The molecule has 0 aliphatic carbocycles. The Morgan fingerprint density at radius 2 is 2.00 bits per heavy atom. The topological polar surface area (TPSA) is 168 Å². The average molecular weight is 504 g/mol. The van der Waals surface area contributed by atoms with Gasteiger partial charge in [-0.3, -0.25) is 0 Å². The quantitative estimate of drug-likeness (QED) is 0.405. The Bertz CT molecular complexity index is 1480. The summed E-state index contributed by atoms with van der Waals surface area (Å²) in [6.07, 6.45) is 2.49. The summed E-state index contributed by atoms with van der Waals surface area (Å²) in [5, 5.41) is 17.1. The fraction of sp³-hybridized carbons (Fsp3) is 0.400. The lowest BCUT2D eigenvalue weighted by Gasteiger charge is -2.30. The molecule has 2 N–H and O–H groups in total. The van der Waals surface area contributed by atoms with Gasteiger partial charge < -0.3 is 14.2 Å². The van der Waals surface area contributed by atoms with Crippen LogP contribution in [0.2, 0.25) is 0 Å². The van der Waals surface area contributed by atoms with Crippen molar-refractivity contribution in [1.82, 2.24) is 35.1 Å². The molecule has 0 atom stereocenters. The van der Waals surface area contributed by atoms with E-state index in [0.29, 0.717) is 37.8 Å². The highest BCUT2D eigenvalue weighted by molar-refractivity contribution is 7.89. The Balaban J connectivity index is 1.33. The second-order valence-electron chi connectivity index (χ2n) is 8.40. The molecular formula is C20H22FN9O4S. The van der Waals surface area contributed by atoms with E-state index < -0.39 is 15.8 Å². The van der Waals surface area contributed by atoms with Gasteiger partial charge in [0.05, 0.1) is 4.90 Å².